The highest BCUT2D eigenvalue weighted by Gasteiger charge is 2.08. The van der Waals surface area contributed by atoms with Crippen LogP contribution in [0, 0.1) is 5.82 Å². The third-order valence-corrected chi connectivity index (χ3v) is 2.21. The van der Waals surface area contributed by atoms with Crippen molar-refractivity contribution >= 4 is 11.5 Å². The van der Waals surface area contributed by atoms with E-state index in [1.54, 1.807) is 6.07 Å². The van der Waals surface area contributed by atoms with Gasteiger partial charge in [-0.3, -0.25) is 4.99 Å². The average molecular weight is 193 g/mol. The molecule has 0 fully saturated rings. The van der Waals surface area contributed by atoms with Crippen LogP contribution in [-0.4, -0.2) is 18.9 Å². The van der Waals surface area contributed by atoms with E-state index in [0.29, 0.717) is 12.1 Å². The minimum atomic E-state index is -0.257. The first-order valence-electron chi connectivity index (χ1n) is 4.57. The summed E-state index contributed by atoms with van der Waals surface area (Å²) in [5, 5.41) is 3.12. The molecule has 1 heterocycles. The first-order chi connectivity index (χ1) is 6.75. The van der Waals surface area contributed by atoms with Crippen molar-refractivity contribution in [3.8, 4) is 0 Å². The van der Waals surface area contributed by atoms with E-state index >= 15 is 0 Å². The molecule has 74 valence electrons. The highest BCUT2D eigenvalue weighted by atomic mass is 19.1. The summed E-state index contributed by atoms with van der Waals surface area (Å²) < 4.78 is 12.9. The van der Waals surface area contributed by atoms with E-state index in [1.165, 1.54) is 12.1 Å². The summed E-state index contributed by atoms with van der Waals surface area (Å²) in [6, 6.07) is 4.40. The van der Waals surface area contributed by atoms with Crippen molar-refractivity contribution in [2.24, 2.45) is 4.99 Å². The molecule has 1 aliphatic heterocycles. The Hall–Kier alpha value is -1.58. The Morgan fingerprint density at radius 2 is 2.36 bits per heavy atom. The summed E-state index contributed by atoms with van der Waals surface area (Å²) in [5.74, 6) is 0.634. The molecule has 0 spiro atoms. The molecule has 1 aliphatic rings. The number of hydrogen-bond donors (Lipinski definition) is 2. The summed E-state index contributed by atoms with van der Waals surface area (Å²) in [4.78, 5) is 4.23. The largest absolute Gasteiger partial charge is 0.398 e. The monoisotopic (exact) mass is 193 g/mol. The van der Waals surface area contributed by atoms with Gasteiger partial charge >= 0.3 is 0 Å². The summed E-state index contributed by atoms with van der Waals surface area (Å²) in [5.41, 5.74) is 7.12. The smallest absolute Gasteiger partial charge is 0.123 e. The lowest BCUT2D eigenvalue weighted by Gasteiger charge is -2.05. The van der Waals surface area contributed by atoms with Gasteiger partial charge in [-0.05, 0) is 23.8 Å². The Kier molecular flexibility index (Phi) is 2.35. The number of nitrogens with two attached hydrogens (primary N) is 1. The van der Waals surface area contributed by atoms with Crippen molar-refractivity contribution in [2.45, 2.75) is 6.42 Å². The van der Waals surface area contributed by atoms with Gasteiger partial charge in [0.15, 0.2) is 0 Å². The van der Waals surface area contributed by atoms with Gasteiger partial charge in [0.25, 0.3) is 0 Å². The Bertz CT molecular complexity index is 374. The minimum Gasteiger partial charge on any atom is -0.398 e. The zero-order chi connectivity index (χ0) is 9.97. The fourth-order valence-corrected chi connectivity index (χ4v) is 1.47. The van der Waals surface area contributed by atoms with Gasteiger partial charge in [0.05, 0.1) is 6.54 Å². The molecule has 0 atom stereocenters. The van der Waals surface area contributed by atoms with Crippen molar-refractivity contribution in [3.63, 3.8) is 0 Å². The lowest BCUT2D eigenvalue weighted by molar-refractivity contribution is 0.626. The Balaban J connectivity index is 2.19. The maximum Gasteiger partial charge on any atom is 0.123 e. The van der Waals surface area contributed by atoms with Crippen molar-refractivity contribution in [3.05, 3.63) is 29.6 Å². The molecule has 0 saturated carbocycles. The molecule has 0 aromatic heterocycles. The van der Waals surface area contributed by atoms with Crippen LogP contribution in [0.3, 0.4) is 0 Å². The molecule has 14 heavy (non-hydrogen) atoms. The third-order valence-electron chi connectivity index (χ3n) is 2.21. The summed E-state index contributed by atoms with van der Waals surface area (Å²) in [6.07, 6.45) is 0.587. The molecule has 1 aromatic rings. The van der Waals surface area contributed by atoms with Crippen LogP contribution in [0.2, 0.25) is 0 Å². The lowest BCUT2D eigenvalue weighted by atomic mass is 10.1. The molecule has 4 heteroatoms. The van der Waals surface area contributed by atoms with Gasteiger partial charge in [0.1, 0.15) is 11.7 Å². The van der Waals surface area contributed by atoms with Crippen LogP contribution in [0.1, 0.15) is 5.56 Å². The summed E-state index contributed by atoms with van der Waals surface area (Å²) >= 11 is 0. The fourth-order valence-electron chi connectivity index (χ4n) is 1.47. The zero-order valence-electron chi connectivity index (χ0n) is 7.76. The van der Waals surface area contributed by atoms with Gasteiger partial charge in [-0.25, -0.2) is 4.39 Å². The van der Waals surface area contributed by atoms with Crippen LogP contribution in [0.5, 0.6) is 0 Å². The van der Waals surface area contributed by atoms with E-state index in [9.17, 15) is 4.39 Å². The number of amidine groups is 1. The van der Waals surface area contributed by atoms with Crippen molar-refractivity contribution in [1.82, 2.24) is 5.32 Å². The number of rotatable bonds is 2. The molecule has 3 N–H and O–H groups in total. The number of nitrogens with one attached hydrogen (secondary N) is 1. The fraction of sp³-hybridized carbons (Fsp3) is 0.300. The zero-order valence-corrected chi connectivity index (χ0v) is 7.76. The number of nitrogens with zero attached hydrogens (tertiary/aromatic N) is 1. The maximum atomic E-state index is 12.9. The standard InChI is InChI=1S/C10H12FN3/c11-8-1-2-9(12)7(5-8)6-10-13-3-4-14-10/h1-2,5H,3-4,6,12H2,(H,13,14). The highest BCUT2D eigenvalue weighted by Crippen LogP contribution is 2.14. The van der Waals surface area contributed by atoms with Gasteiger partial charge < -0.3 is 11.1 Å². The van der Waals surface area contributed by atoms with Crippen molar-refractivity contribution in [2.75, 3.05) is 18.8 Å². The molecular formula is C10H12FN3. The molecule has 0 saturated heterocycles. The predicted octanol–water partition coefficient (Wildman–Crippen LogP) is 0.952. The number of anilines is 1. The quantitative estimate of drug-likeness (QED) is 0.687. The van der Waals surface area contributed by atoms with Crippen LogP contribution in [-0.2, 0) is 6.42 Å². The highest BCUT2D eigenvalue weighted by molar-refractivity contribution is 5.86. The van der Waals surface area contributed by atoms with E-state index in [1.807, 2.05) is 0 Å². The molecule has 2 rings (SSSR count). The molecule has 3 nitrogen and oxygen atoms in total. The topological polar surface area (TPSA) is 50.4 Å². The number of halogens is 1. The van der Waals surface area contributed by atoms with Gasteiger partial charge in [-0.15, -0.1) is 0 Å². The summed E-state index contributed by atoms with van der Waals surface area (Å²) in [7, 11) is 0. The molecular weight excluding hydrogens is 181 g/mol. The predicted molar refractivity (Wildman–Crippen MR) is 54.8 cm³/mol. The van der Waals surface area contributed by atoms with Crippen LogP contribution < -0.4 is 11.1 Å². The van der Waals surface area contributed by atoms with E-state index < -0.39 is 0 Å². The van der Waals surface area contributed by atoms with Gasteiger partial charge in [-0.2, -0.15) is 0 Å². The van der Waals surface area contributed by atoms with E-state index in [0.717, 1.165) is 24.5 Å². The van der Waals surface area contributed by atoms with E-state index in [-0.39, 0.29) is 5.82 Å². The molecule has 0 aliphatic carbocycles. The van der Waals surface area contributed by atoms with Crippen LogP contribution >= 0.6 is 0 Å². The average Bonchev–Trinajstić information content (AvgIpc) is 2.64. The second-order valence-corrected chi connectivity index (χ2v) is 3.28. The van der Waals surface area contributed by atoms with E-state index in [2.05, 4.69) is 10.3 Å². The Labute approximate surface area is 81.8 Å². The Morgan fingerprint density at radius 3 is 3.07 bits per heavy atom. The van der Waals surface area contributed by atoms with Gasteiger partial charge in [0.2, 0.25) is 0 Å². The molecule has 0 bridgehead atoms. The second-order valence-electron chi connectivity index (χ2n) is 3.28. The number of hydrogen-bond acceptors (Lipinski definition) is 3. The SMILES string of the molecule is Nc1ccc(F)cc1CC1=NCCN1. The molecule has 0 radical (unpaired) electrons. The Morgan fingerprint density at radius 1 is 1.50 bits per heavy atom. The van der Waals surface area contributed by atoms with Crippen LogP contribution in [0.25, 0.3) is 0 Å². The van der Waals surface area contributed by atoms with Gasteiger partial charge in [0, 0.05) is 18.7 Å². The van der Waals surface area contributed by atoms with Crippen molar-refractivity contribution < 1.29 is 4.39 Å². The summed E-state index contributed by atoms with van der Waals surface area (Å²) in [6.45, 7) is 1.66. The number of nitrogen functional groups attached to an aromatic ring is 1. The first-order valence-corrected chi connectivity index (χ1v) is 4.57. The van der Waals surface area contributed by atoms with E-state index in [4.69, 9.17) is 5.73 Å². The number of aliphatic imine (C=N–C) groups is 1. The van der Waals surface area contributed by atoms with Crippen LogP contribution in [0.4, 0.5) is 10.1 Å². The minimum absolute atomic E-state index is 0.257. The normalized spacial score (nSPS) is 15.1. The lowest BCUT2D eigenvalue weighted by Crippen LogP contribution is -2.21. The van der Waals surface area contributed by atoms with Crippen LogP contribution in [0.15, 0.2) is 23.2 Å². The third kappa shape index (κ3) is 1.84. The second kappa shape index (κ2) is 3.65. The maximum absolute atomic E-state index is 12.9. The first kappa shape index (κ1) is 8.99. The number of benzene rings is 1. The molecule has 0 amide bonds. The van der Waals surface area contributed by atoms with Gasteiger partial charge in [-0.1, -0.05) is 0 Å². The van der Waals surface area contributed by atoms with Crippen molar-refractivity contribution in [1.29, 1.82) is 0 Å². The molecule has 1 aromatic carbocycles. The molecule has 0 unspecified atom stereocenters.